The first kappa shape index (κ1) is 13.3. The summed E-state index contributed by atoms with van der Waals surface area (Å²) in [4.78, 5) is 22.2. The monoisotopic (exact) mass is 248 g/mol. The van der Waals surface area contributed by atoms with Gasteiger partial charge in [-0.2, -0.15) is 0 Å². The van der Waals surface area contributed by atoms with Crippen LogP contribution < -0.4 is 20.9 Å². The molecule has 0 heterocycles. The van der Waals surface area contributed by atoms with Gasteiger partial charge in [-0.15, -0.1) is 0 Å². The van der Waals surface area contributed by atoms with Crippen molar-refractivity contribution in [2.75, 3.05) is 0 Å². The standard InChI is InChI=1S/C12H12N2O4/c1-7(13)11(15)17-9-3-5-10(6-4-9)18-12(16)8(2)14/h3-6H,1-2,13-14H2. The lowest BCUT2D eigenvalue weighted by molar-refractivity contribution is -0.131. The first-order valence-electron chi connectivity index (χ1n) is 4.83. The highest BCUT2D eigenvalue weighted by Gasteiger charge is 2.08. The van der Waals surface area contributed by atoms with Gasteiger partial charge in [0, 0.05) is 0 Å². The molecule has 6 heteroatoms. The van der Waals surface area contributed by atoms with Gasteiger partial charge in [0.1, 0.15) is 22.9 Å². The van der Waals surface area contributed by atoms with Crippen molar-refractivity contribution in [3.05, 3.63) is 48.8 Å². The van der Waals surface area contributed by atoms with Gasteiger partial charge in [-0.05, 0) is 24.3 Å². The number of ether oxygens (including phenoxy) is 2. The minimum atomic E-state index is -0.741. The second-order valence-electron chi connectivity index (χ2n) is 3.30. The molecular formula is C12H12N2O4. The van der Waals surface area contributed by atoms with E-state index in [1.54, 1.807) is 0 Å². The second-order valence-corrected chi connectivity index (χ2v) is 3.30. The summed E-state index contributed by atoms with van der Waals surface area (Å²) in [7, 11) is 0. The molecule has 94 valence electrons. The van der Waals surface area contributed by atoms with Crippen molar-refractivity contribution in [3.63, 3.8) is 0 Å². The molecule has 6 nitrogen and oxygen atoms in total. The third-order valence-electron chi connectivity index (χ3n) is 1.77. The summed E-state index contributed by atoms with van der Waals surface area (Å²) in [5.41, 5.74) is 9.89. The molecule has 0 spiro atoms. The van der Waals surface area contributed by atoms with Crippen molar-refractivity contribution in [3.8, 4) is 11.5 Å². The van der Waals surface area contributed by atoms with Gasteiger partial charge in [-0.3, -0.25) is 0 Å². The SMILES string of the molecule is C=C(N)C(=O)Oc1ccc(OC(=O)C(=C)N)cc1. The molecule has 0 bridgehead atoms. The summed E-state index contributed by atoms with van der Waals surface area (Å²) in [5.74, 6) is -0.985. The van der Waals surface area contributed by atoms with E-state index in [1.807, 2.05) is 0 Å². The van der Waals surface area contributed by atoms with E-state index in [0.717, 1.165) is 0 Å². The van der Waals surface area contributed by atoms with E-state index in [4.69, 9.17) is 20.9 Å². The zero-order valence-electron chi connectivity index (χ0n) is 9.51. The summed E-state index contributed by atoms with van der Waals surface area (Å²) in [5, 5.41) is 0. The lowest BCUT2D eigenvalue weighted by atomic mass is 10.3. The number of rotatable bonds is 4. The number of hydrogen-bond acceptors (Lipinski definition) is 6. The molecular weight excluding hydrogens is 236 g/mol. The first-order chi connectivity index (χ1) is 8.40. The third-order valence-corrected chi connectivity index (χ3v) is 1.77. The molecule has 0 saturated heterocycles. The maximum atomic E-state index is 11.1. The Morgan fingerprint density at radius 1 is 0.833 bits per heavy atom. The molecule has 1 aromatic rings. The summed E-state index contributed by atoms with van der Waals surface area (Å²) in [6, 6.07) is 5.73. The number of benzene rings is 1. The number of esters is 2. The molecule has 0 atom stereocenters. The highest BCUT2D eigenvalue weighted by molar-refractivity contribution is 5.89. The van der Waals surface area contributed by atoms with E-state index in [1.165, 1.54) is 24.3 Å². The maximum Gasteiger partial charge on any atom is 0.358 e. The van der Waals surface area contributed by atoms with E-state index in [9.17, 15) is 9.59 Å². The largest absolute Gasteiger partial charge is 0.422 e. The smallest absolute Gasteiger partial charge is 0.358 e. The Balaban J connectivity index is 2.68. The van der Waals surface area contributed by atoms with Gasteiger partial charge in [-0.25, -0.2) is 9.59 Å². The quantitative estimate of drug-likeness (QED) is 0.455. The van der Waals surface area contributed by atoms with Crippen LogP contribution in [0.5, 0.6) is 11.5 Å². The van der Waals surface area contributed by atoms with Crippen molar-refractivity contribution >= 4 is 11.9 Å². The molecule has 0 fully saturated rings. The topological polar surface area (TPSA) is 105 Å². The van der Waals surface area contributed by atoms with Crippen LogP contribution in [0.1, 0.15) is 0 Å². The minimum absolute atomic E-state index is 0.204. The molecule has 0 amide bonds. The van der Waals surface area contributed by atoms with Crippen molar-refractivity contribution in [2.45, 2.75) is 0 Å². The molecule has 4 N–H and O–H groups in total. The molecule has 0 aliphatic carbocycles. The fourth-order valence-corrected chi connectivity index (χ4v) is 0.921. The van der Waals surface area contributed by atoms with Crippen LogP contribution in [0, 0.1) is 0 Å². The van der Waals surface area contributed by atoms with E-state index in [0.29, 0.717) is 0 Å². The lowest BCUT2D eigenvalue weighted by Crippen LogP contribution is -2.17. The summed E-state index contributed by atoms with van der Waals surface area (Å²) in [6.45, 7) is 6.48. The molecule has 0 saturated carbocycles. The number of hydrogen-bond donors (Lipinski definition) is 2. The molecule has 0 aromatic heterocycles. The summed E-state index contributed by atoms with van der Waals surface area (Å²) >= 11 is 0. The molecule has 0 aliphatic rings. The van der Waals surface area contributed by atoms with Gasteiger partial charge in [0.15, 0.2) is 0 Å². The van der Waals surface area contributed by atoms with Crippen LogP contribution in [0.15, 0.2) is 48.8 Å². The van der Waals surface area contributed by atoms with Gasteiger partial charge < -0.3 is 20.9 Å². The van der Waals surface area contributed by atoms with Crippen LogP contribution in [0.4, 0.5) is 0 Å². The van der Waals surface area contributed by atoms with Gasteiger partial charge >= 0.3 is 11.9 Å². The van der Waals surface area contributed by atoms with E-state index in [-0.39, 0.29) is 22.9 Å². The van der Waals surface area contributed by atoms with E-state index in [2.05, 4.69) is 13.2 Å². The second kappa shape index (κ2) is 5.53. The Kier molecular flexibility index (Phi) is 4.09. The summed E-state index contributed by atoms with van der Waals surface area (Å²) < 4.78 is 9.67. The molecule has 0 aliphatic heterocycles. The zero-order chi connectivity index (χ0) is 13.7. The van der Waals surface area contributed by atoms with Gasteiger partial charge in [0.2, 0.25) is 0 Å². The first-order valence-corrected chi connectivity index (χ1v) is 4.83. The molecule has 0 unspecified atom stereocenters. The highest BCUT2D eigenvalue weighted by Crippen LogP contribution is 2.18. The highest BCUT2D eigenvalue weighted by atomic mass is 16.5. The van der Waals surface area contributed by atoms with Crippen LogP contribution in [0.25, 0.3) is 0 Å². The third kappa shape index (κ3) is 3.67. The lowest BCUT2D eigenvalue weighted by Gasteiger charge is -2.06. The fraction of sp³-hybridized carbons (Fsp3) is 0. The fourth-order valence-electron chi connectivity index (χ4n) is 0.921. The average molecular weight is 248 g/mol. The van der Waals surface area contributed by atoms with Gasteiger partial charge in [0.05, 0.1) is 0 Å². The van der Waals surface area contributed by atoms with Crippen LogP contribution in [-0.2, 0) is 9.59 Å². The van der Waals surface area contributed by atoms with Crippen molar-refractivity contribution in [1.29, 1.82) is 0 Å². The number of carbonyl (C=O) groups excluding carboxylic acids is 2. The molecule has 0 radical (unpaired) electrons. The average Bonchev–Trinajstić information content (AvgIpc) is 2.31. The maximum absolute atomic E-state index is 11.1. The minimum Gasteiger partial charge on any atom is -0.422 e. The predicted molar refractivity (Wildman–Crippen MR) is 64.4 cm³/mol. The number of nitrogens with two attached hydrogens (primary N) is 2. The van der Waals surface area contributed by atoms with Crippen LogP contribution >= 0.6 is 0 Å². The van der Waals surface area contributed by atoms with Gasteiger partial charge in [-0.1, -0.05) is 13.2 Å². The van der Waals surface area contributed by atoms with Crippen LogP contribution in [-0.4, -0.2) is 11.9 Å². The Hall–Kier alpha value is -2.76. The molecule has 1 rings (SSSR count). The predicted octanol–water partition coefficient (Wildman–Crippen LogP) is 0.442. The normalized spacial score (nSPS) is 9.33. The Morgan fingerprint density at radius 3 is 1.33 bits per heavy atom. The van der Waals surface area contributed by atoms with Gasteiger partial charge in [0.25, 0.3) is 0 Å². The van der Waals surface area contributed by atoms with Crippen LogP contribution in [0.2, 0.25) is 0 Å². The Bertz CT molecular complexity index is 458. The molecule has 18 heavy (non-hydrogen) atoms. The molecule has 1 aromatic carbocycles. The number of carbonyl (C=O) groups is 2. The Labute approximate surface area is 103 Å². The van der Waals surface area contributed by atoms with Crippen molar-refractivity contribution in [1.82, 2.24) is 0 Å². The Morgan fingerprint density at radius 2 is 1.11 bits per heavy atom. The van der Waals surface area contributed by atoms with Crippen molar-refractivity contribution < 1.29 is 19.1 Å². The summed E-state index contributed by atoms with van der Waals surface area (Å²) in [6.07, 6.45) is 0. The van der Waals surface area contributed by atoms with Crippen LogP contribution in [0.3, 0.4) is 0 Å². The van der Waals surface area contributed by atoms with E-state index < -0.39 is 11.9 Å². The zero-order valence-corrected chi connectivity index (χ0v) is 9.51. The van der Waals surface area contributed by atoms with Crippen molar-refractivity contribution in [2.24, 2.45) is 11.5 Å². The van der Waals surface area contributed by atoms with E-state index >= 15 is 0 Å².